The van der Waals surface area contributed by atoms with Crippen LogP contribution in [0.3, 0.4) is 0 Å². The first kappa shape index (κ1) is 14.4. The van der Waals surface area contributed by atoms with E-state index in [-0.39, 0.29) is 0 Å². The van der Waals surface area contributed by atoms with Crippen molar-refractivity contribution >= 4 is 0 Å². The molecule has 1 aliphatic heterocycles. The van der Waals surface area contributed by atoms with Crippen molar-refractivity contribution in [1.82, 2.24) is 4.98 Å². The van der Waals surface area contributed by atoms with Crippen molar-refractivity contribution in [2.45, 2.75) is 44.3 Å². The minimum atomic E-state index is -0.456. The van der Waals surface area contributed by atoms with Gasteiger partial charge in [-0.25, -0.2) is 0 Å². The van der Waals surface area contributed by atoms with Crippen molar-refractivity contribution in [1.29, 1.82) is 0 Å². The number of pyridine rings is 1. The van der Waals surface area contributed by atoms with Gasteiger partial charge in [0.1, 0.15) is 0 Å². The van der Waals surface area contributed by atoms with E-state index < -0.39 is 5.79 Å². The molecule has 0 bridgehead atoms. The van der Waals surface area contributed by atoms with Gasteiger partial charge in [-0.2, -0.15) is 0 Å². The molecule has 2 aromatic rings. The van der Waals surface area contributed by atoms with Crippen LogP contribution >= 0.6 is 0 Å². The highest BCUT2D eigenvalue weighted by Crippen LogP contribution is 2.52. The molecule has 4 rings (SSSR count). The van der Waals surface area contributed by atoms with E-state index in [9.17, 15) is 0 Å². The Morgan fingerprint density at radius 1 is 1.00 bits per heavy atom. The zero-order chi connectivity index (χ0) is 15.7. The van der Waals surface area contributed by atoms with Gasteiger partial charge in [-0.3, -0.25) is 4.98 Å². The summed E-state index contributed by atoms with van der Waals surface area (Å²) in [5, 5.41) is 0. The van der Waals surface area contributed by atoms with E-state index in [1.807, 2.05) is 18.5 Å². The molecule has 23 heavy (non-hydrogen) atoms. The molecule has 1 fully saturated rings. The van der Waals surface area contributed by atoms with Crippen LogP contribution in [0.25, 0.3) is 0 Å². The highest BCUT2D eigenvalue weighted by molar-refractivity contribution is 5.58. The molecule has 120 valence electrons. The van der Waals surface area contributed by atoms with Crippen LogP contribution in [0, 0.1) is 0 Å². The lowest BCUT2D eigenvalue weighted by molar-refractivity contribution is -0.0726. The second-order valence-corrected chi connectivity index (χ2v) is 6.26. The van der Waals surface area contributed by atoms with Crippen LogP contribution in [-0.2, 0) is 12.8 Å². The minimum Gasteiger partial charge on any atom is -0.493 e. The molecule has 4 heteroatoms. The third-order valence-electron chi connectivity index (χ3n) is 4.75. The standard InChI is InChI=1S/C19H21NO3/c1-21-16-7-6-15(5-4-14-8-12-20-13-9-14)17-18(16)23-19(22-17)10-2-3-11-19/h6-9,12-13H,2-5,10-11H2,1H3. The number of fused-ring (bicyclic) bond motifs is 1. The lowest BCUT2D eigenvalue weighted by atomic mass is 10.0. The summed E-state index contributed by atoms with van der Waals surface area (Å²) in [5.74, 6) is 1.96. The number of aromatic nitrogens is 1. The third-order valence-corrected chi connectivity index (χ3v) is 4.75. The molecular weight excluding hydrogens is 290 g/mol. The Morgan fingerprint density at radius 3 is 2.48 bits per heavy atom. The summed E-state index contributed by atoms with van der Waals surface area (Å²) in [7, 11) is 1.68. The predicted molar refractivity (Wildman–Crippen MR) is 87.1 cm³/mol. The van der Waals surface area contributed by atoms with Gasteiger partial charge in [0.15, 0.2) is 11.5 Å². The Balaban J connectivity index is 1.61. The van der Waals surface area contributed by atoms with Gasteiger partial charge in [-0.05, 0) is 55.0 Å². The molecule has 0 unspecified atom stereocenters. The SMILES string of the molecule is COc1ccc(CCc2ccncc2)c2c1OC1(CCCC1)O2. The maximum atomic E-state index is 6.30. The maximum Gasteiger partial charge on any atom is 0.251 e. The number of ether oxygens (including phenoxy) is 3. The quantitative estimate of drug-likeness (QED) is 0.858. The van der Waals surface area contributed by atoms with Crippen LogP contribution < -0.4 is 14.2 Å². The van der Waals surface area contributed by atoms with Crippen molar-refractivity contribution in [2.75, 3.05) is 7.11 Å². The van der Waals surface area contributed by atoms with Crippen molar-refractivity contribution in [3.63, 3.8) is 0 Å². The van der Waals surface area contributed by atoms with Crippen LogP contribution in [0.15, 0.2) is 36.7 Å². The number of hydrogen-bond acceptors (Lipinski definition) is 4. The fraction of sp³-hybridized carbons (Fsp3) is 0.421. The Labute approximate surface area is 136 Å². The number of methoxy groups -OCH3 is 1. The van der Waals surface area contributed by atoms with Crippen LogP contribution in [0.1, 0.15) is 36.8 Å². The van der Waals surface area contributed by atoms with Gasteiger partial charge in [-0.1, -0.05) is 6.07 Å². The molecule has 0 amide bonds. The number of hydrogen-bond donors (Lipinski definition) is 0. The lowest BCUT2D eigenvalue weighted by Gasteiger charge is -2.21. The molecule has 2 aliphatic rings. The number of rotatable bonds is 4. The second-order valence-electron chi connectivity index (χ2n) is 6.26. The van der Waals surface area contributed by atoms with E-state index >= 15 is 0 Å². The van der Waals surface area contributed by atoms with Gasteiger partial charge >= 0.3 is 0 Å². The average molecular weight is 311 g/mol. The minimum absolute atomic E-state index is 0.456. The van der Waals surface area contributed by atoms with Crippen LogP contribution in [0.2, 0.25) is 0 Å². The highest BCUT2D eigenvalue weighted by Gasteiger charge is 2.46. The van der Waals surface area contributed by atoms with Gasteiger partial charge in [0, 0.05) is 25.2 Å². The molecule has 1 saturated carbocycles. The van der Waals surface area contributed by atoms with E-state index in [2.05, 4.69) is 23.2 Å². The van der Waals surface area contributed by atoms with Gasteiger partial charge in [0.05, 0.1) is 7.11 Å². The smallest absolute Gasteiger partial charge is 0.251 e. The Hall–Kier alpha value is -2.23. The summed E-state index contributed by atoms with van der Waals surface area (Å²) in [6.07, 6.45) is 9.75. The summed E-state index contributed by atoms with van der Waals surface area (Å²) >= 11 is 0. The first-order valence-corrected chi connectivity index (χ1v) is 8.26. The molecule has 1 spiro atoms. The normalized spacial score (nSPS) is 17.6. The van der Waals surface area contributed by atoms with E-state index in [1.54, 1.807) is 7.11 Å². The summed E-state index contributed by atoms with van der Waals surface area (Å²) < 4.78 is 18.0. The second kappa shape index (κ2) is 5.76. The van der Waals surface area contributed by atoms with E-state index in [0.29, 0.717) is 0 Å². The molecule has 0 N–H and O–H groups in total. The summed E-state index contributed by atoms with van der Waals surface area (Å²) in [6.45, 7) is 0. The molecule has 1 aromatic carbocycles. The fourth-order valence-electron chi connectivity index (χ4n) is 3.49. The highest BCUT2D eigenvalue weighted by atomic mass is 16.7. The molecule has 0 saturated heterocycles. The average Bonchev–Trinajstić information content (AvgIpc) is 3.20. The summed E-state index contributed by atoms with van der Waals surface area (Å²) in [6, 6.07) is 8.19. The van der Waals surface area contributed by atoms with Crippen LogP contribution in [0.5, 0.6) is 17.2 Å². The summed E-state index contributed by atoms with van der Waals surface area (Å²) in [5.41, 5.74) is 2.46. The molecule has 2 heterocycles. The molecule has 0 radical (unpaired) electrons. The largest absolute Gasteiger partial charge is 0.493 e. The Kier molecular flexibility index (Phi) is 3.60. The first-order valence-electron chi connectivity index (χ1n) is 8.26. The lowest BCUT2D eigenvalue weighted by Crippen LogP contribution is -2.34. The van der Waals surface area contributed by atoms with Crippen molar-refractivity contribution in [3.05, 3.63) is 47.8 Å². The molecular formula is C19H21NO3. The van der Waals surface area contributed by atoms with E-state index in [0.717, 1.165) is 55.8 Å². The van der Waals surface area contributed by atoms with Crippen LogP contribution in [-0.4, -0.2) is 17.9 Å². The van der Waals surface area contributed by atoms with Gasteiger partial charge in [-0.15, -0.1) is 0 Å². The Bertz CT molecular complexity index is 693. The number of aryl methyl sites for hydroxylation is 2. The zero-order valence-electron chi connectivity index (χ0n) is 13.4. The van der Waals surface area contributed by atoms with Gasteiger partial charge in [0.2, 0.25) is 5.75 Å². The molecule has 0 atom stereocenters. The maximum absolute atomic E-state index is 6.30. The van der Waals surface area contributed by atoms with E-state index in [4.69, 9.17) is 14.2 Å². The number of nitrogens with zero attached hydrogens (tertiary/aromatic N) is 1. The number of benzene rings is 1. The Morgan fingerprint density at radius 2 is 1.74 bits per heavy atom. The third kappa shape index (κ3) is 2.62. The van der Waals surface area contributed by atoms with Crippen molar-refractivity contribution < 1.29 is 14.2 Å². The van der Waals surface area contributed by atoms with E-state index in [1.165, 1.54) is 11.1 Å². The summed E-state index contributed by atoms with van der Waals surface area (Å²) in [4.78, 5) is 4.07. The predicted octanol–water partition coefficient (Wildman–Crippen LogP) is 3.92. The van der Waals surface area contributed by atoms with Crippen LogP contribution in [0.4, 0.5) is 0 Å². The molecule has 1 aliphatic carbocycles. The first-order chi connectivity index (χ1) is 11.3. The van der Waals surface area contributed by atoms with Crippen molar-refractivity contribution in [3.8, 4) is 17.2 Å². The fourth-order valence-corrected chi connectivity index (χ4v) is 3.49. The molecule has 4 nitrogen and oxygen atoms in total. The van der Waals surface area contributed by atoms with Gasteiger partial charge in [0.25, 0.3) is 5.79 Å². The monoisotopic (exact) mass is 311 g/mol. The topological polar surface area (TPSA) is 40.6 Å². The molecule has 1 aromatic heterocycles. The van der Waals surface area contributed by atoms with Gasteiger partial charge < -0.3 is 14.2 Å². The van der Waals surface area contributed by atoms with Crippen molar-refractivity contribution in [2.24, 2.45) is 0 Å². The zero-order valence-corrected chi connectivity index (χ0v) is 13.4.